The molecule has 0 unspecified atom stereocenters. The Morgan fingerprint density at radius 3 is 3.04 bits per heavy atom. The van der Waals surface area contributed by atoms with Crippen molar-refractivity contribution in [1.82, 2.24) is 30.7 Å². The number of hydrogen-bond donors (Lipinski definition) is 2. The lowest BCUT2D eigenvalue weighted by Crippen LogP contribution is -2.51. The number of aromatic nitrogens is 5. The molecular weight excluding hydrogens is 326 g/mol. The van der Waals surface area contributed by atoms with Crippen LogP contribution in [0.3, 0.4) is 0 Å². The molecule has 0 amide bonds. The number of fused-ring (bicyclic) bond motifs is 1. The number of H-pyrrole nitrogens is 1. The molecule has 0 bridgehead atoms. The average molecular weight is 351 g/mol. The van der Waals surface area contributed by atoms with E-state index in [2.05, 4.69) is 50.5 Å². The predicted molar refractivity (Wildman–Crippen MR) is 103 cm³/mol. The lowest BCUT2D eigenvalue weighted by Gasteiger charge is -2.35. The molecule has 0 spiro atoms. The van der Waals surface area contributed by atoms with Crippen molar-refractivity contribution in [2.45, 2.75) is 33.2 Å². The Kier molecular flexibility index (Phi) is 4.55. The van der Waals surface area contributed by atoms with Crippen LogP contribution in [0.2, 0.25) is 0 Å². The Labute approximate surface area is 153 Å². The molecule has 1 atom stereocenters. The number of rotatable bonds is 4. The van der Waals surface area contributed by atoms with Crippen molar-refractivity contribution in [2.75, 3.05) is 24.5 Å². The van der Waals surface area contributed by atoms with Crippen molar-refractivity contribution in [1.29, 1.82) is 0 Å². The van der Waals surface area contributed by atoms with E-state index in [0.717, 1.165) is 54.0 Å². The van der Waals surface area contributed by atoms with E-state index < -0.39 is 0 Å². The Bertz CT molecular complexity index is 902. The molecule has 3 aromatic rings. The van der Waals surface area contributed by atoms with Gasteiger partial charge in [-0.3, -0.25) is 5.10 Å². The highest BCUT2D eigenvalue weighted by atomic mass is 15.3. The number of hydrogen-bond acceptors (Lipinski definition) is 6. The molecule has 0 saturated carbocycles. The van der Waals surface area contributed by atoms with E-state index >= 15 is 0 Å². The van der Waals surface area contributed by atoms with Crippen molar-refractivity contribution >= 4 is 16.7 Å². The molecule has 2 aromatic heterocycles. The van der Waals surface area contributed by atoms with Crippen LogP contribution in [0.4, 0.5) is 5.82 Å². The minimum absolute atomic E-state index is 0.493. The van der Waals surface area contributed by atoms with Crippen LogP contribution in [0.25, 0.3) is 22.3 Å². The van der Waals surface area contributed by atoms with Crippen LogP contribution in [0, 0.1) is 12.8 Å². The molecule has 4 rings (SSSR count). The fourth-order valence-electron chi connectivity index (χ4n) is 3.61. The Balaban J connectivity index is 1.60. The number of benzene rings is 1. The summed E-state index contributed by atoms with van der Waals surface area (Å²) in [5.74, 6) is 2.23. The fourth-order valence-corrected chi connectivity index (χ4v) is 3.61. The minimum atomic E-state index is 0.493. The van der Waals surface area contributed by atoms with Crippen LogP contribution in [0.5, 0.6) is 0 Å². The molecule has 1 fully saturated rings. The van der Waals surface area contributed by atoms with Crippen LogP contribution < -0.4 is 10.2 Å². The van der Waals surface area contributed by atoms with E-state index in [1.165, 1.54) is 0 Å². The molecule has 1 saturated heterocycles. The van der Waals surface area contributed by atoms with E-state index in [9.17, 15) is 0 Å². The molecule has 0 aliphatic carbocycles. The van der Waals surface area contributed by atoms with Crippen LogP contribution in [-0.2, 0) is 0 Å². The van der Waals surface area contributed by atoms with Crippen molar-refractivity contribution in [3.8, 4) is 11.4 Å². The van der Waals surface area contributed by atoms with Gasteiger partial charge < -0.3 is 10.2 Å². The van der Waals surface area contributed by atoms with E-state index in [-0.39, 0.29) is 0 Å². The van der Waals surface area contributed by atoms with Gasteiger partial charge in [0.25, 0.3) is 0 Å². The molecule has 7 nitrogen and oxygen atoms in total. The summed E-state index contributed by atoms with van der Waals surface area (Å²) in [5, 5.41) is 20.5. The molecule has 136 valence electrons. The first kappa shape index (κ1) is 16.9. The molecule has 7 heteroatoms. The van der Waals surface area contributed by atoms with Crippen molar-refractivity contribution in [3.63, 3.8) is 0 Å². The highest BCUT2D eigenvalue weighted by molar-refractivity contribution is 5.85. The topological polar surface area (TPSA) is 82.6 Å². The maximum absolute atomic E-state index is 4.80. The quantitative estimate of drug-likeness (QED) is 0.752. The number of anilines is 1. The summed E-state index contributed by atoms with van der Waals surface area (Å²) >= 11 is 0. The van der Waals surface area contributed by atoms with Crippen LogP contribution >= 0.6 is 0 Å². The maximum atomic E-state index is 4.80. The summed E-state index contributed by atoms with van der Waals surface area (Å²) in [6.45, 7) is 9.38. The first-order chi connectivity index (χ1) is 12.6. The summed E-state index contributed by atoms with van der Waals surface area (Å²) in [5.41, 5.74) is 2.96. The van der Waals surface area contributed by atoms with Gasteiger partial charge in [-0.15, -0.1) is 5.10 Å². The lowest BCUT2D eigenvalue weighted by atomic mass is 10.0. The van der Waals surface area contributed by atoms with Crippen LogP contribution in [0.15, 0.2) is 24.4 Å². The monoisotopic (exact) mass is 351 g/mol. The molecular formula is C19H25N7. The van der Waals surface area contributed by atoms with Gasteiger partial charge in [0.2, 0.25) is 0 Å². The highest BCUT2D eigenvalue weighted by Gasteiger charge is 2.22. The van der Waals surface area contributed by atoms with Gasteiger partial charge in [0.05, 0.1) is 17.4 Å². The van der Waals surface area contributed by atoms with E-state index in [1.807, 2.05) is 19.1 Å². The first-order valence-electron chi connectivity index (χ1n) is 9.23. The lowest BCUT2D eigenvalue weighted by molar-refractivity contribution is 0.387. The van der Waals surface area contributed by atoms with Gasteiger partial charge >= 0.3 is 0 Å². The van der Waals surface area contributed by atoms with Crippen molar-refractivity contribution in [3.05, 3.63) is 30.1 Å². The van der Waals surface area contributed by atoms with E-state index in [4.69, 9.17) is 4.98 Å². The van der Waals surface area contributed by atoms with E-state index in [0.29, 0.717) is 17.8 Å². The normalized spacial score (nSPS) is 18.0. The SMILES string of the molecule is Cc1n[nH]c2ccc(-c3nncc(N4CCN[C@@H](CC(C)C)C4)n3)cc12. The number of nitrogens with one attached hydrogen (secondary N) is 2. The molecule has 0 radical (unpaired) electrons. The summed E-state index contributed by atoms with van der Waals surface area (Å²) in [6.07, 6.45) is 2.93. The smallest absolute Gasteiger partial charge is 0.183 e. The fraction of sp³-hybridized carbons (Fsp3) is 0.474. The number of aryl methyl sites for hydroxylation is 1. The first-order valence-corrected chi connectivity index (χ1v) is 9.23. The standard InChI is InChI=1S/C19H25N7/c1-12(2)8-15-11-26(7-6-20-15)18-10-21-25-19(22-18)14-4-5-17-16(9-14)13(3)23-24-17/h4-5,9-10,12,15,20H,6-8,11H2,1-3H3,(H,23,24)/t15-/m0/s1. The third kappa shape index (κ3) is 3.39. The van der Waals surface area contributed by atoms with Crippen molar-refractivity contribution < 1.29 is 0 Å². The largest absolute Gasteiger partial charge is 0.352 e. The van der Waals surface area contributed by atoms with Gasteiger partial charge in [-0.1, -0.05) is 13.8 Å². The zero-order chi connectivity index (χ0) is 18.1. The summed E-state index contributed by atoms with van der Waals surface area (Å²) in [7, 11) is 0. The minimum Gasteiger partial charge on any atom is -0.352 e. The van der Waals surface area contributed by atoms with Gasteiger partial charge in [0, 0.05) is 36.6 Å². The van der Waals surface area contributed by atoms with Gasteiger partial charge in [0.1, 0.15) is 0 Å². The van der Waals surface area contributed by atoms with Gasteiger partial charge in [-0.05, 0) is 37.5 Å². The van der Waals surface area contributed by atoms with E-state index in [1.54, 1.807) is 6.20 Å². The summed E-state index contributed by atoms with van der Waals surface area (Å²) in [4.78, 5) is 7.10. The zero-order valence-electron chi connectivity index (χ0n) is 15.5. The highest BCUT2D eigenvalue weighted by Crippen LogP contribution is 2.24. The van der Waals surface area contributed by atoms with Gasteiger partial charge in [-0.2, -0.15) is 10.2 Å². The van der Waals surface area contributed by atoms with Gasteiger partial charge in [0.15, 0.2) is 11.6 Å². The Morgan fingerprint density at radius 1 is 1.31 bits per heavy atom. The molecule has 1 aliphatic heterocycles. The second-order valence-electron chi connectivity index (χ2n) is 7.43. The Morgan fingerprint density at radius 2 is 2.19 bits per heavy atom. The van der Waals surface area contributed by atoms with Crippen LogP contribution in [0.1, 0.15) is 26.0 Å². The third-order valence-corrected chi connectivity index (χ3v) is 4.89. The maximum Gasteiger partial charge on any atom is 0.183 e. The van der Waals surface area contributed by atoms with Gasteiger partial charge in [-0.25, -0.2) is 4.98 Å². The summed E-state index contributed by atoms with van der Waals surface area (Å²) < 4.78 is 0. The Hall–Kier alpha value is -2.54. The molecule has 26 heavy (non-hydrogen) atoms. The second kappa shape index (κ2) is 6.99. The predicted octanol–water partition coefficient (Wildman–Crippen LogP) is 2.55. The van der Waals surface area contributed by atoms with Crippen LogP contribution in [-0.4, -0.2) is 51.1 Å². The van der Waals surface area contributed by atoms with Crippen molar-refractivity contribution in [2.24, 2.45) is 5.92 Å². The number of piperazine rings is 1. The number of aromatic amines is 1. The average Bonchev–Trinajstić information content (AvgIpc) is 3.02. The molecule has 1 aliphatic rings. The molecule has 2 N–H and O–H groups in total. The molecule has 3 heterocycles. The zero-order valence-corrected chi connectivity index (χ0v) is 15.5. The summed E-state index contributed by atoms with van der Waals surface area (Å²) in [6, 6.07) is 6.60. The number of nitrogens with zero attached hydrogens (tertiary/aromatic N) is 5. The molecule has 1 aromatic carbocycles. The third-order valence-electron chi connectivity index (χ3n) is 4.89. The second-order valence-corrected chi connectivity index (χ2v) is 7.43.